The van der Waals surface area contributed by atoms with Gasteiger partial charge in [-0.05, 0) is 49.1 Å². The Kier molecular flexibility index (Phi) is 7.02. The minimum Gasteiger partial charge on any atom is -0.494 e. The van der Waals surface area contributed by atoms with Gasteiger partial charge in [0, 0.05) is 17.5 Å². The van der Waals surface area contributed by atoms with Crippen LogP contribution in [0.1, 0.15) is 73.1 Å². The van der Waals surface area contributed by atoms with E-state index in [0.29, 0.717) is 41.9 Å². The molecule has 4 rings (SSSR count). The van der Waals surface area contributed by atoms with E-state index in [-0.39, 0.29) is 30.4 Å². The number of benzene rings is 2. The molecule has 2 aliphatic rings. The fourth-order valence-electron chi connectivity index (χ4n) is 4.94. The predicted molar refractivity (Wildman–Crippen MR) is 133 cm³/mol. The molecule has 1 atom stereocenters. The fourth-order valence-corrected chi connectivity index (χ4v) is 4.94. The van der Waals surface area contributed by atoms with Crippen molar-refractivity contribution in [3.63, 3.8) is 0 Å². The van der Waals surface area contributed by atoms with Gasteiger partial charge >= 0.3 is 0 Å². The van der Waals surface area contributed by atoms with Crippen molar-refractivity contribution in [2.24, 2.45) is 10.7 Å². The van der Waals surface area contributed by atoms with Crippen molar-refractivity contribution in [3.8, 4) is 5.75 Å². The number of rotatable bonds is 8. The first-order valence-electron chi connectivity index (χ1n) is 12.3. The van der Waals surface area contributed by atoms with E-state index in [2.05, 4.69) is 10.3 Å². The average molecular weight is 499 g/mol. The molecule has 0 spiro atoms. The van der Waals surface area contributed by atoms with Crippen LogP contribution in [0.5, 0.6) is 5.75 Å². The third-order valence-corrected chi connectivity index (χ3v) is 7.17. The number of ether oxygens (including phenoxy) is 1. The summed E-state index contributed by atoms with van der Waals surface area (Å²) < 4.78 is 35.2. The Morgan fingerprint density at radius 1 is 1.17 bits per heavy atom. The molecule has 3 N–H and O–H groups in total. The summed E-state index contributed by atoms with van der Waals surface area (Å²) in [6.07, 6.45) is 1.20. The van der Waals surface area contributed by atoms with Crippen LogP contribution < -0.4 is 15.8 Å². The molecule has 1 unspecified atom stereocenters. The van der Waals surface area contributed by atoms with Crippen LogP contribution in [-0.2, 0) is 17.8 Å². The number of fused-ring (bicyclic) bond motifs is 1. The van der Waals surface area contributed by atoms with E-state index < -0.39 is 29.8 Å². The van der Waals surface area contributed by atoms with Gasteiger partial charge in [-0.15, -0.1) is 0 Å². The summed E-state index contributed by atoms with van der Waals surface area (Å²) in [6, 6.07) is 9.93. The zero-order chi connectivity index (χ0) is 26.1. The van der Waals surface area contributed by atoms with E-state index in [0.717, 1.165) is 0 Å². The van der Waals surface area contributed by atoms with Gasteiger partial charge in [0.25, 0.3) is 11.8 Å². The number of hydrogen-bond donors (Lipinski definition) is 2. The number of nitrogens with two attached hydrogens (primary N) is 1. The Balaban J connectivity index is 1.61. The monoisotopic (exact) mass is 498 g/mol. The van der Waals surface area contributed by atoms with Gasteiger partial charge in [0.15, 0.2) is 5.96 Å². The van der Waals surface area contributed by atoms with Crippen LogP contribution in [-0.4, -0.2) is 40.7 Å². The number of aliphatic imine (C=N–C) groups is 1. The Labute approximate surface area is 209 Å². The standard InChI is InChI=1S/C27H32F2N4O3/c1-4-26(5-2)15-22(34)33(25(30)32-26)16-19-13-17(11-12-21(19)36-6-3)24(35)31-23-20-10-8-7-9-18(20)14-27(23,28)29/h7-13,23H,4-6,14-16H2,1-3H3,(H2,30,32)(H,31,35). The van der Waals surface area contributed by atoms with E-state index >= 15 is 0 Å². The lowest BCUT2D eigenvalue weighted by atomic mass is 9.88. The second kappa shape index (κ2) is 9.87. The van der Waals surface area contributed by atoms with Gasteiger partial charge in [-0.3, -0.25) is 14.5 Å². The quantitative estimate of drug-likeness (QED) is 0.565. The lowest BCUT2D eigenvalue weighted by Gasteiger charge is -2.36. The third-order valence-electron chi connectivity index (χ3n) is 7.17. The predicted octanol–water partition coefficient (Wildman–Crippen LogP) is 4.35. The second-order valence-corrected chi connectivity index (χ2v) is 9.36. The number of amides is 2. The first kappa shape index (κ1) is 25.6. The van der Waals surface area contributed by atoms with Crippen molar-refractivity contribution in [2.45, 2.75) is 70.5 Å². The first-order valence-corrected chi connectivity index (χ1v) is 12.3. The lowest BCUT2D eigenvalue weighted by molar-refractivity contribution is -0.130. The summed E-state index contributed by atoms with van der Waals surface area (Å²) in [7, 11) is 0. The molecular formula is C27H32F2N4O3. The highest BCUT2D eigenvalue weighted by molar-refractivity contribution is 5.99. The number of nitrogens with one attached hydrogen (secondary N) is 1. The minimum absolute atomic E-state index is 0.0521. The first-order chi connectivity index (χ1) is 17.1. The average Bonchev–Trinajstić information content (AvgIpc) is 3.11. The van der Waals surface area contributed by atoms with Gasteiger partial charge < -0.3 is 15.8 Å². The van der Waals surface area contributed by atoms with Crippen molar-refractivity contribution in [1.82, 2.24) is 10.2 Å². The molecule has 9 heteroatoms. The summed E-state index contributed by atoms with van der Waals surface area (Å²) in [6.45, 7) is 6.20. The van der Waals surface area contributed by atoms with Crippen LogP contribution in [0.15, 0.2) is 47.5 Å². The Morgan fingerprint density at radius 2 is 1.89 bits per heavy atom. The molecule has 1 heterocycles. The molecule has 2 aromatic rings. The lowest BCUT2D eigenvalue weighted by Crippen LogP contribution is -2.50. The van der Waals surface area contributed by atoms with Crippen LogP contribution in [0.4, 0.5) is 8.78 Å². The topological polar surface area (TPSA) is 97.0 Å². The van der Waals surface area contributed by atoms with Gasteiger partial charge in [-0.1, -0.05) is 38.1 Å². The van der Waals surface area contributed by atoms with E-state index in [9.17, 15) is 18.4 Å². The van der Waals surface area contributed by atoms with Gasteiger partial charge in [0.1, 0.15) is 11.8 Å². The highest BCUT2D eigenvalue weighted by atomic mass is 19.3. The van der Waals surface area contributed by atoms with Gasteiger partial charge in [0.2, 0.25) is 5.91 Å². The molecule has 0 fully saturated rings. The molecule has 0 aromatic heterocycles. The number of hydrogen-bond acceptors (Lipinski definition) is 5. The second-order valence-electron chi connectivity index (χ2n) is 9.36. The molecule has 0 bridgehead atoms. The smallest absolute Gasteiger partial charge is 0.276 e. The number of halogens is 2. The molecule has 0 saturated heterocycles. The summed E-state index contributed by atoms with van der Waals surface area (Å²) in [5, 5.41) is 2.51. The summed E-state index contributed by atoms with van der Waals surface area (Å²) in [5.41, 5.74) is 7.35. The summed E-state index contributed by atoms with van der Waals surface area (Å²) in [5.74, 6) is -3.29. The zero-order valence-corrected chi connectivity index (χ0v) is 20.8. The van der Waals surface area contributed by atoms with Crippen molar-refractivity contribution in [3.05, 3.63) is 64.7 Å². The minimum atomic E-state index is -3.09. The largest absolute Gasteiger partial charge is 0.494 e. The highest BCUT2D eigenvalue weighted by Crippen LogP contribution is 2.43. The summed E-state index contributed by atoms with van der Waals surface area (Å²) >= 11 is 0. The maximum Gasteiger partial charge on any atom is 0.276 e. The number of nitrogens with zero attached hydrogens (tertiary/aromatic N) is 2. The van der Waals surface area contributed by atoms with Crippen LogP contribution >= 0.6 is 0 Å². The van der Waals surface area contributed by atoms with Gasteiger partial charge in [-0.25, -0.2) is 13.8 Å². The molecule has 0 radical (unpaired) electrons. The molecule has 1 aliphatic carbocycles. The highest BCUT2D eigenvalue weighted by Gasteiger charge is 2.48. The number of alkyl halides is 2. The van der Waals surface area contributed by atoms with Crippen LogP contribution in [0.2, 0.25) is 0 Å². The SMILES string of the molecule is CCOc1ccc(C(=O)NC2c3ccccc3CC2(F)F)cc1CN1C(=O)CC(CC)(CC)N=C1N. The van der Waals surface area contributed by atoms with Crippen molar-refractivity contribution >= 4 is 17.8 Å². The zero-order valence-electron chi connectivity index (χ0n) is 20.8. The van der Waals surface area contributed by atoms with E-state index in [1.807, 2.05) is 20.8 Å². The van der Waals surface area contributed by atoms with E-state index in [4.69, 9.17) is 10.5 Å². The molecule has 0 saturated carbocycles. The number of carbonyl (C=O) groups is 2. The molecule has 192 valence electrons. The molecule has 2 aromatic carbocycles. The molecule has 36 heavy (non-hydrogen) atoms. The molecular weight excluding hydrogens is 466 g/mol. The van der Waals surface area contributed by atoms with Crippen LogP contribution in [0.3, 0.4) is 0 Å². The van der Waals surface area contributed by atoms with Gasteiger partial charge in [-0.2, -0.15) is 0 Å². The normalized spacial score (nSPS) is 20.0. The van der Waals surface area contributed by atoms with Crippen molar-refractivity contribution in [1.29, 1.82) is 0 Å². The van der Waals surface area contributed by atoms with Crippen LogP contribution in [0.25, 0.3) is 0 Å². The van der Waals surface area contributed by atoms with Crippen molar-refractivity contribution < 1.29 is 23.1 Å². The molecule has 2 amide bonds. The van der Waals surface area contributed by atoms with E-state index in [1.54, 1.807) is 36.4 Å². The Morgan fingerprint density at radius 3 is 2.56 bits per heavy atom. The fraction of sp³-hybridized carbons (Fsp3) is 0.444. The number of guanidine groups is 1. The van der Waals surface area contributed by atoms with E-state index in [1.165, 1.54) is 11.0 Å². The maximum absolute atomic E-state index is 14.7. The van der Waals surface area contributed by atoms with Gasteiger partial charge in [0.05, 0.1) is 25.1 Å². The molecule has 1 aliphatic heterocycles. The van der Waals surface area contributed by atoms with Crippen molar-refractivity contribution in [2.75, 3.05) is 6.61 Å². The maximum atomic E-state index is 14.7. The number of carbonyl (C=O) groups excluding carboxylic acids is 2. The Hall–Kier alpha value is -3.49. The molecule has 7 nitrogen and oxygen atoms in total. The third kappa shape index (κ3) is 4.79. The Bertz CT molecular complexity index is 1190. The summed E-state index contributed by atoms with van der Waals surface area (Å²) in [4.78, 5) is 32.1. The van der Waals surface area contributed by atoms with Crippen LogP contribution in [0, 0.1) is 0 Å².